The van der Waals surface area contributed by atoms with Crippen LogP contribution in [0.15, 0.2) is 22.8 Å². The number of alkyl halides is 3. The molecule has 1 aliphatic heterocycles. The number of hydrogen-bond donors (Lipinski definition) is 2. The zero-order valence-corrected chi connectivity index (χ0v) is 14.9. The molecule has 26 heavy (non-hydrogen) atoms. The summed E-state index contributed by atoms with van der Waals surface area (Å²) in [7, 11) is 0. The predicted octanol–water partition coefficient (Wildman–Crippen LogP) is 4.18. The Kier molecular flexibility index (Phi) is 4.92. The lowest BCUT2D eigenvalue weighted by Gasteiger charge is -2.32. The van der Waals surface area contributed by atoms with Crippen molar-refractivity contribution < 1.29 is 22.4 Å². The second-order valence-electron chi connectivity index (χ2n) is 6.57. The van der Waals surface area contributed by atoms with E-state index in [9.17, 15) is 18.0 Å². The van der Waals surface area contributed by atoms with E-state index in [0.717, 1.165) is 4.68 Å². The van der Waals surface area contributed by atoms with Crippen molar-refractivity contribution in [2.24, 2.45) is 5.92 Å². The Morgan fingerprint density at radius 3 is 2.85 bits per heavy atom. The number of rotatable bonds is 4. The van der Waals surface area contributed by atoms with Crippen molar-refractivity contribution in [2.75, 3.05) is 11.9 Å². The molecule has 2 N–H and O–H groups in total. The van der Waals surface area contributed by atoms with Gasteiger partial charge in [0.15, 0.2) is 11.7 Å². The fraction of sp³-hybridized carbons (Fsp3) is 0.500. The molecule has 2 aromatic heterocycles. The summed E-state index contributed by atoms with van der Waals surface area (Å²) < 4.78 is 46.7. The maximum absolute atomic E-state index is 13.6. The van der Waals surface area contributed by atoms with Gasteiger partial charge in [-0.05, 0) is 18.1 Å². The average molecular weight is 391 g/mol. The lowest BCUT2D eigenvalue weighted by Crippen LogP contribution is -2.35. The number of fused-ring (bicyclic) bond motifs is 1. The molecular formula is C16H18ClF3N4O2. The molecule has 1 aliphatic rings. The van der Waals surface area contributed by atoms with E-state index in [1.165, 1.54) is 6.26 Å². The first-order valence-electron chi connectivity index (χ1n) is 8.11. The fourth-order valence-electron chi connectivity index (χ4n) is 2.79. The predicted molar refractivity (Wildman–Crippen MR) is 89.2 cm³/mol. The van der Waals surface area contributed by atoms with Crippen LogP contribution in [0.2, 0.25) is 5.02 Å². The lowest BCUT2D eigenvalue weighted by molar-refractivity contribution is -0.174. The number of nitrogens with one attached hydrogen (secondary N) is 2. The van der Waals surface area contributed by atoms with E-state index in [0.29, 0.717) is 12.3 Å². The van der Waals surface area contributed by atoms with Gasteiger partial charge in [-0.3, -0.25) is 4.79 Å². The Hall–Kier alpha value is -2.16. The molecule has 0 saturated carbocycles. The second kappa shape index (κ2) is 6.86. The molecule has 2 atom stereocenters. The van der Waals surface area contributed by atoms with Crippen LogP contribution in [-0.4, -0.2) is 28.4 Å². The minimum atomic E-state index is -4.55. The van der Waals surface area contributed by atoms with Crippen LogP contribution in [0.5, 0.6) is 0 Å². The molecule has 0 unspecified atom stereocenters. The van der Waals surface area contributed by atoms with Crippen molar-refractivity contribution in [2.45, 2.75) is 38.5 Å². The van der Waals surface area contributed by atoms with Crippen molar-refractivity contribution >= 4 is 23.3 Å². The molecule has 0 radical (unpaired) electrons. The van der Waals surface area contributed by atoms with E-state index in [2.05, 4.69) is 15.7 Å². The number of hydrogen-bond acceptors (Lipinski definition) is 4. The van der Waals surface area contributed by atoms with E-state index in [4.69, 9.17) is 16.0 Å². The van der Waals surface area contributed by atoms with E-state index in [1.807, 2.05) is 13.8 Å². The van der Waals surface area contributed by atoms with Crippen molar-refractivity contribution in [1.82, 2.24) is 15.1 Å². The number of halogens is 4. The first kappa shape index (κ1) is 18.6. The zero-order valence-electron chi connectivity index (χ0n) is 14.1. The van der Waals surface area contributed by atoms with Crippen LogP contribution in [0.3, 0.4) is 0 Å². The number of nitrogens with zero attached hydrogens (tertiary/aromatic N) is 2. The normalized spacial score (nSPS) is 20.0. The molecule has 10 heteroatoms. The largest absolute Gasteiger partial charge is 0.467 e. The Balaban J connectivity index is 1.97. The lowest BCUT2D eigenvalue weighted by atomic mass is 10.0. The summed E-state index contributed by atoms with van der Waals surface area (Å²) in [4.78, 5) is 12.3. The standard InChI is InChI=1S/C16H18ClF3N4O2/c1-8(2)7-21-15(25)13-12(17)14-22-9(10-4-3-5-26-10)6-11(16(18,19)20)24(14)23-13/h3-5,8-9,11,22H,6-7H2,1-2H3,(H,21,25)/t9-,11+/m1/s1. The maximum Gasteiger partial charge on any atom is 0.410 e. The third-order valence-electron chi connectivity index (χ3n) is 4.07. The molecule has 1 amide bonds. The Labute approximate surface area is 152 Å². The third-order valence-corrected chi connectivity index (χ3v) is 4.43. The van der Waals surface area contributed by atoms with E-state index >= 15 is 0 Å². The molecule has 0 saturated heterocycles. The van der Waals surface area contributed by atoms with Gasteiger partial charge in [0.2, 0.25) is 0 Å². The van der Waals surface area contributed by atoms with Crippen LogP contribution in [0.1, 0.15) is 48.6 Å². The minimum Gasteiger partial charge on any atom is -0.467 e. The summed E-state index contributed by atoms with van der Waals surface area (Å²) >= 11 is 6.19. The van der Waals surface area contributed by atoms with Gasteiger partial charge in [-0.25, -0.2) is 4.68 Å². The van der Waals surface area contributed by atoms with Gasteiger partial charge >= 0.3 is 6.18 Å². The number of furan rings is 1. The fourth-order valence-corrected chi connectivity index (χ4v) is 3.06. The van der Waals surface area contributed by atoms with Crippen LogP contribution in [0.25, 0.3) is 0 Å². The summed E-state index contributed by atoms with van der Waals surface area (Å²) in [5.74, 6) is -0.118. The highest BCUT2D eigenvalue weighted by molar-refractivity contribution is 6.36. The number of carbonyl (C=O) groups excluding carboxylic acids is 1. The molecule has 2 aromatic rings. The number of anilines is 1. The highest BCUT2D eigenvalue weighted by Crippen LogP contribution is 2.46. The smallest absolute Gasteiger partial charge is 0.410 e. The molecule has 0 aliphatic carbocycles. The summed E-state index contributed by atoms with van der Waals surface area (Å²) in [6, 6.07) is 0.530. The van der Waals surface area contributed by atoms with Crippen LogP contribution in [0, 0.1) is 5.92 Å². The van der Waals surface area contributed by atoms with Gasteiger partial charge in [0.25, 0.3) is 5.91 Å². The first-order chi connectivity index (χ1) is 12.2. The molecular weight excluding hydrogens is 373 g/mol. The van der Waals surface area contributed by atoms with Crippen molar-refractivity contribution in [3.05, 3.63) is 34.9 Å². The van der Waals surface area contributed by atoms with Gasteiger partial charge in [0.05, 0.1) is 12.3 Å². The molecule has 0 spiro atoms. The summed E-state index contributed by atoms with van der Waals surface area (Å²) in [6.45, 7) is 4.16. The molecule has 0 aromatic carbocycles. The Morgan fingerprint density at radius 2 is 2.27 bits per heavy atom. The molecule has 3 heterocycles. The van der Waals surface area contributed by atoms with E-state index in [-0.39, 0.29) is 28.9 Å². The molecule has 142 valence electrons. The SMILES string of the molecule is CC(C)CNC(=O)c1nn2c(c1Cl)N[C@@H](c1ccco1)C[C@H]2C(F)(F)F. The minimum absolute atomic E-state index is 0.0451. The van der Waals surface area contributed by atoms with Gasteiger partial charge in [-0.15, -0.1) is 0 Å². The van der Waals surface area contributed by atoms with Crippen LogP contribution in [0.4, 0.5) is 19.0 Å². The summed E-state index contributed by atoms with van der Waals surface area (Å²) in [5, 5.41) is 9.23. The van der Waals surface area contributed by atoms with E-state index in [1.54, 1.807) is 12.1 Å². The van der Waals surface area contributed by atoms with Crippen LogP contribution in [-0.2, 0) is 0 Å². The van der Waals surface area contributed by atoms with Crippen molar-refractivity contribution in [1.29, 1.82) is 0 Å². The topological polar surface area (TPSA) is 72.1 Å². The highest BCUT2D eigenvalue weighted by Gasteiger charge is 2.48. The molecule has 0 fully saturated rings. The molecule has 3 rings (SSSR count). The van der Waals surface area contributed by atoms with Gasteiger partial charge in [-0.1, -0.05) is 25.4 Å². The number of carbonyl (C=O) groups is 1. The van der Waals surface area contributed by atoms with E-state index < -0.39 is 24.2 Å². The third kappa shape index (κ3) is 3.53. The average Bonchev–Trinajstić information content (AvgIpc) is 3.19. The number of aromatic nitrogens is 2. The highest BCUT2D eigenvalue weighted by atomic mass is 35.5. The van der Waals surface area contributed by atoms with Gasteiger partial charge in [0, 0.05) is 13.0 Å². The summed E-state index contributed by atoms with van der Waals surface area (Å²) in [5.41, 5.74) is -0.232. The van der Waals surface area contributed by atoms with Crippen molar-refractivity contribution in [3.63, 3.8) is 0 Å². The monoisotopic (exact) mass is 390 g/mol. The van der Waals surface area contributed by atoms with Crippen LogP contribution >= 0.6 is 11.6 Å². The Morgan fingerprint density at radius 1 is 1.54 bits per heavy atom. The Bertz CT molecular complexity index is 786. The van der Waals surface area contributed by atoms with Crippen LogP contribution < -0.4 is 10.6 Å². The number of amides is 1. The maximum atomic E-state index is 13.6. The van der Waals surface area contributed by atoms with Gasteiger partial charge < -0.3 is 15.1 Å². The molecule has 0 bridgehead atoms. The van der Waals surface area contributed by atoms with Crippen molar-refractivity contribution in [3.8, 4) is 0 Å². The summed E-state index contributed by atoms with van der Waals surface area (Å²) in [6.07, 6.45) is -3.49. The second-order valence-corrected chi connectivity index (χ2v) is 6.94. The first-order valence-corrected chi connectivity index (χ1v) is 8.49. The molecule has 6 nitrogen and oxygen atoms in total. The quantitative estimate of drug-likeness (QED) is 0.821. The van der Waals surface area contributed by atoms with Gasteiger partial charge in [-0.2, -0.15) is 18.3 Å². The van der Waals surface area contributed by atoms with Gasteiger partial charge in [0.1, 0.15) is 16.6 Å². The zero-order chi connectivity index (χ0) is 19.1.